The van der Waals surface area contributed by atoms with Crippen molar-refractivity contribution in [2.75, 3.05) is 27.8 Å². The molecule has 152 valence electrons. The summed E-state index contributed by atoms with van der Waals surface area (Å²) < 4.78 is 87.3. The first-order chi connectivity index (χ1) is 12.0. The van der Waals surface area contributed by atoms with Gasteiger partial charge in [0.15, 0.2) is 0 Å². The molecule has 2 aliphatic rings. The van der Waals surface area contributed by atoms with E-state index in [1.807, 2.05) is 0 Å². The van der Waals surface area contributed by atoms with Crippen LogP contribution in [0.2, 0.25) is 0 Å². The molecule has 0 aromatic carbocycles. The Morgan fingerprint density at radius 1 is 1.19 bits per heavy atom. The van der Waals surface area contributed by atoms with Crippen LogP contribution in [0.3, 0.4) is 0 Å². The van der Waals surface area contributed by atoms with Crippen molar-refractivity contribution in [1.82, 2.24) is 0 Å². The van der Waals surface area contributed by atoms with Crippen LogP contribution in [-0.4, -0.2) is 53.4 Å². The molecular weight excluding hydrogens is 381 g/mol. The molecule has 26 heavy (non-hydrogen) atoms. The van der Waals surface area contributed by atoms with Crippen LogP contribution in [0.1, 0.15) is 32.6 Å². The maximum Gasteiger partial charge on any atom is 0.534 e. The third-order valence-corrected chi connectivity index (χ3v) is 6.04. The summed E-state index contributed by atoms with van der Waals surface area (Å²) in [6.07, 6.45) is 2.44. The van der Waals surface area contributed by atoms with Gasteiger partial charge in [0.1, 0.15) is 24.9 Å². The van der Waals surface area contributed by atoms with Gasteiger partial charge in [-0.15, -0.1) is 0 Å². The van der Waals surface area contributed by atoms with Gasteiger partial charge in [-0.1, -0.05) is 6.92 Å². The third kappa shape index (κ3) is 3.59. The van der Waals surface area contributed by atoms with E-state index in [-0.39, 0.29) is 25.8 Å². The number of methoxy groups -OCH3 is 2. The molecule has 1 saturated carbocycles. The number of halogens is 3. The maximum absolute atomic E-state index is 12.8. The molecule has 0 aromatic heterocycles. The summed E-state index contributed by atoms with van der Waals surface area (Å²) in [5, 5.41) is 0. The Labute approximate surface area is 150 Å². The average Bonchev–Trinajstić information content (AvgIpc) is 2.83. The van der Waals surface area contributed by atoms with E-state index in [1.54, 1.807) is 6.92 Å². The van der Waals surface area contributed by atoms with Gasteiger partial charge in [0.05, 0.1) is 6.10 Å². The smallest absolute Gasteiger partial charge is 0.378 e. The predicted molar refractivity (Wildman–Crippen MR) is 83.2 cm³/mol. The standard InChI is InChI=1S/C15H23F3O7S/c1-13-7-4-5-12(25-26(19,20)15(16,17)18)14(13,24-10-22-3)8-6-11(13)23-9-21-2/h5,11H,4,6-10H2,1-3H3/t11-,13+,14-/m0/s1. The number of rotatable bonds is 8. The molecule has 0 bridgehead atoms. The minimum absolute atomic E-state index is 0.00136. The van der Waals surface area contributed by atoms with Crippen LogP contribution in [0.25, 0.3) is 0 Å². The number of allylic oxidation sites excluding steroid dienone is 1. The van der Waals surface area contributed by atoms with Crippen molar-refractivity contribution in [3.63, 3.8) is 0 Å². The molecule has 1 fully saturated rings. The van der Waals surface area contributed by atoms with E-state index in [4.69, 9.17) is 18.9 Å². The minimum Gasteiger partial charge on any atom is -0.378 e. The SMILES string of the molecule is COCO[C@H]1CC[C@]2(OCOC)C(OS(=O)(=O)C(F)(F)F)=CCC[C@]12C. The highest BCUT2D eigenvalue weighted by atomic mass is 32.2. The molecular formula is C15H23F3O7S. The highest BCUT2D eigenvalue weighted by molar-refractivity contribution is 7.87. The van der Waals surface area contributed by atoms with Crippen molar-refractivity contribution in [3.8, 4) is 0 Å². The number of fused-ring (bicyclic) bond motifs is 1. The number of ether oxygens (including phenoxy) is 4. The van der Waals surface area contributed by atoms with Gasteiger partial charge >= 0.3 is 15.6 Å². The lowest BCUT2D eigenvalue weighted by molar-refractivity contribution is -0.200. The lowest BCUT2D eigenvalue weighted by atomic mass is 9.67. The van der Waals surface area contributed by atoms with Crippen LogP contribution >= 0.6 is 0 Å². The summed E-state index contributed by atoms with van der Waals surface area (Å²) in [6, 6.07) is 0. The Balaban J connectivity index is 2.41. The Kier molecular flexibility index (Phi) is 6.28. The fraction of sp³-hybridized carbons (Fsp3) is 0.867. The summed E-state index contributed by atoms with van der Waals surface area (Å²) in [7, 11) is -3.00. The molecule has 0 unspecified atom stereocenters. The molecule has 0 N–H and O–H groups in total. The van der Waals surface area contributed by atoms with Crippen LogP contribution in [0.15, 0.2) is 11.8 Å². The van der Waals surface area contributed by atoms with E-state index in [1.165, 1.54) is 20.3 Å². The molecule has 3 atom stereocenters. The van der Waals surface area contributed by atoms with E-state index in [2.05, 4.69) is 4.18 Å². The Hall–Kier alpha value is -0.880. The fourth-order valence-electron chi connectivity index (χ4n) is 3.79. The molecule has 0 spiro atoms. The van der Waals surface area contributed by atoms with Crippen molar-refractivity contribution >= 4 is 10.1 Å². The van der Waals surface area contributed by atoms with Gasteiger partial charge in [0.25, 0.3) is 0 Å². The molecule has 2 rings (SSSR count). The van der Waals surface area contributed by atoms with Crippen LogP contribution < -0.4 is 0 Å². The topological polar surface area (TPSA) is 80.3 Å². The summed E-state index contributed by atoms with van der Waals surface area (Å²) in [5.41, 5.74) is -7.75. The van der Waals surface area contributed by atoms with Crippen molar-refractivity contribution < 1.29 is 44.7 Å². The largest absolute Gasteiger partial charge is 0.534 e. The van der Waals surface area contributed by atoms with E-state index in [0.29, 0.717) is 19.3 Å². The molecule has 0 saturated heterocycles. The zero-order valence-electron chi connectivity index (χ0n) is 14.8. The van der Waals surface area contributed by atoms with Crippen molar-refractivity contribution in [3.05, 3.63) is 11.8 Å². The summed E-state index contributed by atoms with van der Waals surface area (Å²) in [6.45, 7) is 1.55. The van der Waals surface area contributed by atoms with Crippen molar-refractivity contribution in [1.29, 1.82) is 0 Å². The number of alkyl halides is 3. The van der Waals surface area contributed by atoms with Gasteiger partial charge < -0.3 is 23.1 Å². The van der Waals surface area contributed by atoms with E-state index in [0.717, 1.165) is 0 Å². The molecule has 0 radical (unpaired) electrons. The van der Waals surface area contributed by atoms with Gasteiger partial charge in [-0.05, 0) is 31.8 Å². The van der Waals surface area contributed by atoms with Crippen molar-refractivity contribution in [2.24, 2.45) is 5.41 Å². The Morgan fingerprint density at radius 3 is 2.42 bits per heavy atom. The second kappa shape index (κ2) is 7.63. The van der Waals surface area contributed by atoms with Crippen LogP contribution in [-0.2, 0) is 33.2 Å². The zero-order chi connectivity index (χ0) is 19.6. The maximum atomic E-state index is 12.8. The molecule has 0 heterocycles. The van der Waals surface area contributed by atoms with Crippen LogP contribution in [0.4, 0.5) is 13.2 Å². The highest BCUT2D eigenvalue weighted by Gasteiger charge is 2.64. The lowest BCUT2D eigenvalue weighted by Crippen LogP contribution is -2.54. The lowest BCUT2D eigenvalue weighted by Gasteiger charge is -2.48. The average molecular weight is 404 g/mol. The molecule has 11 heteroatoms. The van der Waals surface area contributed by atoms with Gasteiger partial charge in [0.2, 0.25) is 0 Å². The van der Waals surface area contributed by atoms with Gasteiger partial charge in [0, 0.05) is 19.6 Å². The predicted octanol–water partition coefficient (Wildman–Crippen LogP) is 2.68. The second-order valence-corrected chi connectivity index (χ2v) is 8.02. The Morgan fingerprint density at radius 2 is 1.85 bits per heavy atom. The molecule has 7 nitrogen and oxygen atoms in total. The third-order valence-electron chi connectivity index (χ3n) is 5.08. The second-order valence-electron chi connectivity index (χ2n) is 6.49. The van der Waals surface area contributed by atoms with Crippen LogP contribution in [0.5, 0.6) is 0 Å². The first-order valence-corrected chi connectivity index (χ1v) is 9.40. The van der Waals surface area contributed by atoms with Gasteiger partial charge in [-0.25, -0.2) is 0 Å². The fourth-order valence-corrected chi connectivity index (χ4v) is 4.32. The van der Waals surface area contributed by atoms with Gasteiger partial charge in [-0.2, -0.15) is 21.6 Å². The number of hydrogen-bond donors (Lipinski definition) is 0. The zero-order valence-corrected chi connectivity index (χ0v) is 15.6. The van der Waals surface area contributed by atoms with E-state index < -0.39 is 32.7 Å². The normalized spacial score (nSPS) is 32.2. The van der Waals surface area contributed by atoms with Crippen molar-refractivity contribution in [2.45, 2.75) is 49.8 Å². The first-order valence-electron chi connectivity index (χ1n) is 7.99. The minimum atomic E-state index is -5.81. The molecule has 0 amide bonds. The van der Waals surface area contributed by atoms with E-state index >= 15 is 0 Å². The molecule has 0 aromatic rings. The first kappa shape index (κ1) is 21.4. The monoisotopic (exact) mass is 404 g/mol. The highest BCUT2D eigenvalue weighted by Crippen LogP contribution is 2.59. The molecule has 0 aliphatic heterocycles. The van der Waals surface area contributed by atoms with Crippen LogP contribution in [0, 0.1) is 5.41 Å². The van der Waals surface area contributed by atoms with Gasteiger partial charge in [-0.3, -0.25) is 0 Å². The summed E-state index contributed by atoms with van der Waals surface area (Å²) in [4.78, 5) is 0. The summed E-state index contributed by atoms with van der Waals surface area (Å²) >= 11 is 0. The molecule has 2 aliphatic carbocycles. The Bertz CT molecular complexity index is 634. The quantitative estimate of drug-likeness (QED) is 0.350. The number of hydrogen-bond acceptors (Lipinski definition) is 7. The summed E-state index contributed by atoms with van der Waals surface area (Å²) in [5.74, 6) is -0.371. The van der Waals surface area contributed by atoms with E-state index in [9.17, 15) is 21.6 Å².